The van der Waals surface area contributed by atoms with Crippen LogP contribution in [0, 0.1) is 0 Å². The highest BCUT2D eigenvalue weighted by Gasteiger charge is 2.10. The van der Waals surface area contributed by atoms with Crippen molar-refractivity contribution in [2.24, 2.45) is 5.73 Å². The average Bonchev–Trinajstić information content (AvgIpc) is 2.03. The summed E-state index contributed by atoms with van der Waals surface area (Å²) in [4.78, 5) is 10.6. The lowest BCUT2D eigenvalue weighted by Crippen LogP contribution is -2.23. The zero-order valence-electron chi connectivity index (χ0n) is 7.80. The average molecular weight is 171 g/mol. The molecule has 3 heteroatoms. The maximum Gasteiger partial charge on any atom is 0.246 e. The Morgan fingerprint density at radius 1 is 1.67 bits per heavy atom. The van der Waals surface area contributed by atoms with Crippen molar-refractivity contribution in [3.05, 3.63) is 12.2 Å². The zero-order chi connectivity index (χ0) is 9.56. The molecule has 1 unspecified atom stereocenters. The third kappa shape index (κ3) is 4.13. The van der Waals surface area contributed by atoms with Crippen LogP contribution in [-0.2, 0) is 9.53 Å². The molecule has 0 aliphatic carbocycles. The molecule has 0 fully saturated rings. The summed E-state index contributed by atoms with van der Waals surface area (Å²) in [6.45, 7) is 8.05. The molecular formula is C9H17NO2. The van der Waals surface area contributed by atoms with Crippen LogP contribution < -0.4 is 5.73 Å². The first-order chi connectivity index (χ1) is 5.59. The highest BCUT2D eigenvalue weighted by Crippen LogP contribution is 2.03. The second kappa shape index (κ2) is 5.77. The Labute approximate surface area is 73.6 Å². The SMILES string of the molecule is C=C(C(N)=O)C(C)OCCCC. The number of hydrogen-bond acceptors (Lipinski definition) is 2. The van der Waals surface area contributed by atoms with E-state index in [4.69, 9.17) is 10.5 Å². The molecular weight excluding hydrogens is 154 g/mol. The summed E-state index contributed by atoms with van der Waals surface area (Å²) in [7, 11) is 0. The number of amides is 1. The van der Waals surface area contributed by atoms with Gasteiger partial charge >= 0.3 is 0 Å². The molecule has 0 heterocycles. The molecule has 0 aliphatic heterocycles. The highest BCUT2D eigenvalue weighted by molar-refractivity contribution is 5.92. The molecule has 12 heavy (non-hydrogen) atoms. The van der Waals surface area contributed by atoms with Gasteiger partial charge in [0.1, 0.15) is 0 Å². The molecule has 0 aromatic heterocycles. The minimum Gasteiger partial charge on any atom is -0.374 e. The second-order valence-corrected chi connectivity index (χ2v) is 2.76. The Bertz CT molecular complexity index is 166. The maximum absolute atomic E-state index is 10.6. The van der Waals surface area contributed by atoms with Crippen LogP contribution in [0.25, 0.3) is 0 Å². The van der Waals surface area contributed by atoms with Gasteiger partial charge in [0.05, 0.1) is 6.10 Å². The van der Waals surface area contributed by atoms with E-state index in [-0.39, 0.29) is 6.10 Å². The van der Waals surface area contributed by atoms with Gasteiger partial charge in [0.25, 0.3) is 0 Å². The number of carbonyl (C=O) groups excluding carboxylic acids is 1. The van der Waals surface area contributed by atoms with Crippen LogP contribution in [0.1, 0.15) is 26.7 Å². The normalized spacial score (nSPS) is 12.5. The Kier molecular flexibility index (Phi) is 5.37. The van der Waals surface area contributed by atoms with Crippen LogP contribution in [0.5, 0.6) is 0 Å². The van der Waals surface area contributed by atoms with Gasteiger partial charge in [-0.2, -0.15) is 0 Å². The number of ether oxygens (including phenoxy) is 1. The van der Waals surface area contributed by atoms with Crippen molar-refractivity contribution >= 4 is 5.91 Å². The van der Waals surface area contributed by atoms with Crippen LogP contribution in [0.3, 0.4) is 0 Å². The predicted octanol–water partition coefficient (Wildman–Crippen LogP) is 1.23. The molecule has 0 rings (SSSR count). The van der Waals surface area contributed by atoms with Gasteiger partial charge in [0, 0.05) is 12.2 Å². The zero-order valence-corrected chi connectivity index (χ0v) is 7.80. The van der Waals surface area contributed by atoms with Gasteiger partial charge < -0.3 is 10.5 Å². The first-order valence-electron chi connectivity index (χ1n) is 4.19. The lowest BCUT2D eigenvalue weighted by atomic mass is 10.2. The molecule has 0 aromatic carbocycles. The lowest BCUT2D eigenvalue weighted by molar-refractivity contribution is -0.115. The summed E-state index contributed by atoms with van der Waals surface area (Å²) in [5.41, 5.74) is 5.36. The topological polar surface area (TPSA) is 52.3 Å². The van der Waals surface area contributed by atoms with Crippen molar-refractivity contribution in [1.82, 2.24) is 0 Å². The summed E-state index contributed by atoms with van der Waals surface area (Å²) in [6.07, 6.45) is 1.82. The molecule has 1 atom stereocenters. The van der Waals surface area contributed by atoms with Crippen LogP contribution >= 0.6 is 0 Å². The minimum absolute atomic E-state index is 0.256. The quantitative estimate of drug-likeness (QED) is 0.482. The van der Waals surface area contributed by atoms with Crippen molar-refractivity contribution in [2.45, 2.75) is 32.8 Å². The van der Waals surface area contributed by atoms with Gasteiger partial charge in [-0.05, 0) is 13.3 Å². The standard InChI is InChI=1S/C9H17NO2/c1-4-5-6-12-8(3)7(2)9(10)11/h8H,2,4-6H2,1,3H3,(H2,10,11). The van der Waals surface area contributed by atoms with Crippen LogP contribution in [-0.4, -0.2) is 18.6 Å². The third-order valence-electron chi connectivity index (χ3n) is 1.67. The summed E-state index contributed by atoms with van der Waals surface area (Å²) in [5, 5.41) is 0. The molecule has 2 N–H and O–H groups in total. The third-order valence-corrected chi connectivity index (χ3v) is 1.67. The Morgan fingerprint density at radius 2 is 2.25 bits per heavy atom. The lowest BCUT2D eigenvalue weighted by Gasteiger charge is -2.12. The van der Waals surface area contributed by atoms with Crippen molar-refractivity contribution < 1.29 is 9.53 Å². The van der Waals surface area contributed by atoms with Crippen LogP contribution in [0.4, 0.5) is 0 Å². The van der Waals surface area contributed by atoms with Crippen molar-refractivity contribution in [3.63, 3.8) is 0 Å². The van der Waals surface area contributed by atoms with E-state index in [1.807, 2.05) is 0 Å². The van der Waals surface area contributed by atoms with Crippen molar-refractivity contribution in [2.75, 3.05) is 6.61 Å². The molecule has 0 saturated heterocycles. The van der Waals surface area contributed by atoms with Crippen molar-refractivity contribution in [3.8, 4) is 0 Å². The first-order valence-corrected chi connectivity index (χ1v) is 4.19. The summed E-state index contributed by atoms with van der Waals surface area (Å²) in [5.74, 6) is -0.487. The van der Waals surface area contributed by atoms with Gasteiger partial charge in [0.15, 0.2) is 0 Å². The van der Waals surface area contributed by atoms with Gasteiger partial charge in [-0.15, -0.1) is 0 Å². The van der Waals surface area contributed by atoms with Crippen molar-refractivity contribution in [1.29, 1.82) is 0 Å². The molecule has 3 nitrogen and oxygen atoms in total. The van der Waals surface area contributed by atoms with E-state index in [2.05, 4.69) is 13.5 Å². The highest BCUT2D eigenvalue weighted by atomic mass is 16.5. The predicted molar refractivity (Wildman–Crippen MR) is 48.7 cm³/mol. The van der Waals surface area contributed by atoms with Crippen LogP contribution in [0.15, 0.2) is 12.2 Å². The Hall–Kier alpha value is -0.830. The first kappa shape index (κ1) is 11.2. The molecule has 70 valence electrons. The maximum atomic E-state index is 10.6. The summed E-state index contributed by atoms with van der Waals surface area (Å²) < 4.78 is 5.31. The number of primary amides is 1. The van der Waals surface area contributed by atoms with E-state index in [9.17, 15) is 4.79 Å². The number of unbranched alkanes of at least 4 members (excludes halogenated alkanes) is 1. The van der Waals surface area contributed by atoms with Gasteiger partial charge in [-0.25, -0.2) is 0 Å². The van der Waals surface area contributed by atoms with E-state index in [0.29, 0.717) is 12.2 Å². The Balaban J connectivity index is 3.64. The summed E-state index contributed by atoms with van der Waals surface area (Å²) in [6, 6.07) is 0. The molecule has 0 aromatic rings. The van der Waals surface area contributed by atoms with Gasteiger partial charge in [-0.3, -0.25) is 4.79 Å². The fourth-order valence-corrected chi connectivity index (χ4v) is 0.705. The minimum atomic E-state index is -0.487. The van der Waals surface area contributed by atoms with Gasteiger partial charge in [0.2, 0.25) is 5.91 Å². The largest absolute Gasteiger partial charge is 0.374 e. The number of rotatable bonds is 6. The second-order valence-electron chi connectivity index (χ2n) is 2.76. The van der Waals surface area contributed by atoms with Crippen LogP contribution in [0.2, 0.25) is 0 Å². The molecule has 0 aliphatic rings. The Morgan fingerprint density at radius 3 is 2.67 bits per heavy atom. The fraction of sp³-hybridized carbons (Fsp3) is 0.667. The van der Waals surface area contributed by atoms with E-state index in [1.54, 1.807) is 6.92 Å². The molecule has 1 amide bonds. The van der Waals surface area contributed by atoms with E-state index >= 15 is 0 Å². The number of nitrogens with two attached hydrogens (primary N) is 1. The molecule has 0 spiro atoms. The summed E-state index contributed by atoms with van der Waals surface area (Å²) >= 11 is 0. The molecule has 0 radical (unpaired) electrons. The van der Waals surface area contributed by atoms with E-state index in [1.165, 1.54) is 0 Å². The van der Waals surface area contributed by atoms with E-state index in [0.717, 1.165) is 12.8 Å². The number of hydrogen-bond donors (Lipinski definition) is 1. The molecule has 0 bridgehead atoms. The smallest absolute Gasteiger partial charge is 0.246 e. The molecule has 0 saturated carbocycles. The van der Waals surface area contributed by atoms with E-state index < -0.39 is 5.91 Å². The fourth-order valence-electron chi connectivity index (χ4n) is 0.705. The van der Waals surface area contributed by atoms with Gasteiger partial charge in [-0.1, -0.05) is 19.9 Å². The monoisotopic (exact) mass is 171 g/mol. The number of carbonyl (C=O) groups is 1.